The Morgan fingerprint density at radius 2 is 2.12 bits per heavy atom. The average molecular weight is 369 g/mol. The maximum absolute atomic E-state index is 12.4. The number of nitrogens with zero attached hydrogens (tertiary/aromatic N) is 2. The van der Waals surface area contributed by atoms with Crippen LogP contribution in [0.2, 0.25) is 5.02 Å². The van der Waals surface area contributed by atoms with E-state index in [1.54, 1.807) is 17.0 Å². The van der Waals surface area contributed by atoms with Crippen LogP contribution in [0.1, 0.15) is 24.8 Å². The number of carbonyl (C=O) groups excluding carboxylic acids is 1. The maximum Gasteiger partial charge on any atom is 0.317 e. The van der Waals surface area contributed by atoms with Gasteiger partial charge in [-0.25, -0.2) is 0 Å². The van der Waals surface area contributed by atoms with Gasteiger partial charge in [0.1, 0.15) is 5.75 Å². The molecule has 0 aliphatic carbocycles. The molecular weight excluding hydrogens is 344 g/mol. The SMILES string of the molecule is Cc1cc(OCC(=O)N2CCCC(N(C)CC(=O)O)CC2)ccc1Cl. The monoisotopic (exact) mass is 368 g/mol. The Hall–Kier alpha value is -1.79. The van der Waals surface area contributed by atoms with Crippen molar-refractivity contribution in [3.05, 3.63) is 28.8 Å². The van der Waals surface area contributed by atoms with Crippen LogP contribution < -0.4 is 4.74 Å². The molecule has 0 radical (unpaired) electrons. The molecule has 25 heavy (non-hydrogen) atoms. The predicted molar refractivity (Wildman–Crippen MR) is 96.2 cm³/mol. The molecule has 0 spiro atoms. The summed E-state index contributed by atoms with van der Waals surface area (Å²) in [6.45, 7) is 3.21. The zero-order valence-corrected chi connectivity index (χ0v) is 15.5. The highest BCUT2D eigenvalue weighted by atomic mass is 35.5. The van der Waals surface area contributed by atoms with Crippen molar-refractivity contribution in [1.29, 1.82) is 0 Å². The maximum atomic E-state index is 12.4. The number of rotatable bonds is 6. The molecule has 1 unspecified atom stereocenters. The second-order valence-electron chi connectivity index (χ2n) is 6.47. The van der Waals surface area contributed by atoms with Gasteiger partial charge in [-0.15, -0.1) is 0 Å². The van der Waals surface area contributed by atoms with Gasteiger partial charge in [0, 0.05) is 24.2 Å². The summed E-state index contributed by atoms with van der Waals surface area (Å²) in [7, 11) is 1.82. The molecule has 1 saturated heterocycles. The quantitative estimate of drug-likeness (QED) is 0.835. The lowest BCUT2D eigenvalue weighted by Gasteiger charge is -2.25. The van der Waals surface area contributed by atoms with Crippen LogP contribution in [0.15, 0.2) is 18.2 Å². The number of aliphatic carboxylic acids is 1. The summed E-state index contributed by atoms with van der Waals surface area (Å²) in [6.07, 6.45) is 2.53. The predicted octanol–water partition coefficient (Wildman–Crippen LogP) is 2.42. The van der Waals surface area contributed by atoms with E-state index in [4.69, 9.17) is 21.4 Å². The van der Waals surface area contributed by atoms with Crippen LogP contribution >= 0.6 is 11.6 Å². The van der Waals surface area contributed by atoms with Crippen LogP contribution in [0.5, 0.6) is 5.75 Å². The Balaban J connectivity index is 1.83. The minimum Gasteiger partial charge on any atom is -0.484 e. The molecule has 7 heteroatoms. The second kappa shape index (κ2) is 9.06. The van der Waals surface area contributed by atoms with E-state index in [1.807, 2.05) is 24.9 Å². The second-order valence-corrected chi connectivity index (χ2v) is 6.88. The lowest BCUT2D eigenvalue weighted by atomic mass is 10.1. The highest BCUT2D eigenvalue weighted by molar-refractivity contribution is 6.31. The van der Waals surface area contributed by atoms with E-state index in [2.05, 4.69) is 0 Å². The molecule has 1 atom stereocenters. The molecule has 0 bridgehead atoms. The first-order chi connectivity index (χ1) is 11.9. The Labute approximate surface area is 153 Å². The Bertz CT molecular complexity index is 623. The number of hydrogen-bond donors (Lipinski definition) is 1. The van der Waals surface area contributed by atoms with Crippen molar-refractivity contribution in [2.75, 3.05) is 33.3 Å². The van der Waals surface area contributed by atoms with Crippen molar-refractivity contribution >= 4 is 23.5 Å². The minimum atomic E-state index is -0.827. The summed E-state index contributed by atoms with van der Waals surface area (Å²) < 4.78 is 5.59. The number of halogens is 1. The van der Waals surface area contributed by atoms with Crippen molar-refractivity contribution in [2.24, 2.45) is 0 Å². The molecule has 1 N–H and O–H groups in total. The van der Waals surface area contributed by atoms with Crippen molar-refractivity contribution < 1.29 is 19.4 Å². The summed E-state index contributed by atoms with van der Waals surface area (Å²) in [6, 6.07) is 5.51. The summed E-state index contributed by atoms with van der Waals surface area (Å²) in [5, 5.41) is 9.58. The van der Waals surface area contributed by atoms with Crippen molar-refractivity contribution in [3.8, 4) is 5.75 Å². The molecule has 1 heterocycles. The van der Waals surface area contributed by atoms with E-state index in [1.165, 1.54) is 0 Å². The molecule has 1 aliphatic heterocycles. The molecule has 1 fully saturated rings. The zero-order valence-electron chi connectivity index (χ0n) is 14.7. The van der Waals surface area contributed by atoms with Gasteiger partial charge in [0.2, 0.25) is 0 Å². The topological polar surface area (TPSA) is 70.1 Å². The number of aryl methyl sites for hydroxylation is 1. The molecule has 0 saturated carbocycles. The molecule has 0 aromatic heterocycles. The average Bonchev–Trinajstić information content (AvgIpc) is 2.81. The van der Waals surface area contributed by atoms with Gasteiger partial charge >= 0.3 is 5.97 Å². The van der Waals surface area contributed by atoms with Crippen LogP contribution in [0.3, 0.4) is 0 Å². The van der Waals surface area contributed by atoms with E-state index >= 15 is 0 Å². The van der Waals surface area contributed by atoms with E-state index in [9.17, 15) is 9.59 Å². The largest absolute Gasteiger partial charge is 0.484 e. The number of ether oxygens (including phenoxy) is 1. The lowest BCUT2D eigenvalue weighted by Crippen LogP contribution is -2.38. The van der Waals surface area contributed by atoms with E-state index in [0.717, 1.165) is 24.8 Å². The highest BCUT2D eigenvalue weighted by Gasteiger charge is 2.24. The van der Waals surface area contributed by atoms with Crippen LogP contribution in [0.25, 0.3) is 0 Å². The third kappa shape index (κ3) is 5.90. The fourth-order valence-corrected chi connectivity index (χ4v) is 3.17. The fraction of sp³-hybridized carbons (Fsp3) is 0.556. The van der Waals surface area contributed by atoms with Crippen LogP contribution in [-0.2, 0) is 9.59 Å². The smallest absolute Gasteiger partial charge is 0.317 e. The summed E-state index contributed by atoms with van der Waals surface area (Å²) in [5.74, 6) is -0.246. The first-order valence-electron chi connectivity index (χ1n) is 8.45. The van der Waals surface area contributed by atoms with Crippen LogP contribution in [0, 0.1) is 6.92 Å². The highest BCUT2D eigenvalue weighted by Crippen LogP contribution is 2.21. The number of hydrogen-bond acceptors (Lipinski definition) is 4. The van der Waals surface area contributed by atoms with Gasteiger partial charge in [0.15, 0.2) is 6.61 Å². The van der Waals surface area contributed by atoms with Gasteiger partial charge in [-0.2, -0.15) is 0 Å². The summed E-state index contributed by atoms with van der Waals surface area (Å²) >= 11 is 5.98. The van der Waals surface area contributed by atoms with E-state index < -0.39 is 5.97 Å². The van der Waals surface area contributed by atoms with Gasteiger partial charge in [-0.05, 0) is 57.0 Å². The number of amides is 1. The Kier molecular flexibility index (Phi) is 7.08. The number of carboxylic acid groups (broad SMARTS) is 1. The molecule has 6 nitrogen and oxygen atoms in total. The molecule has 1 aromatic rings. The molecule has 1 aromatic carbocycles. The number of carboxylic acids is 1. The van der Waals surface area contributed by atoms with Gasteiger partial charge in [-0.3, -0.25) is 14.5 Å². The third-order valence-electron chi connectivity index (χ3n) is 4.55. The van der Waals surface area contributed by atoms with Gasteiger partial charge in [-0.1, -0.05) is 11.6 Å². The van der Waals surface area contributed by atoms with Gasteiger partial charge in [0.25, 0.3) is 5.91 Å². The van der Waals surface area contributed by atoms with Crippen LogP contribution in [0.4, 0.5) is 0 Å². The number of carbonyl (C=O) groups is 2. The third-order valence-corrected chi connectivity index (χ3v) is 4.97. The van der Waals surface area contributed by atoms with E-state index in [0.29, 0.717) is 23.9 Å². The molecule has 138 valence electrons. The van der Waals surface area contributed by atoms with E-state index in [-0.39, 0.29) is 25.1 Å². The zero-order chi connectivity index (χ0) is 18.4. The van der Waals surface area contributed by atoms with Crippen molar-refractivity contribution in [2.45, 2.75) is 32.2 Å². The summed E-state index contributed by atoms with van der Waals surface area (Å²) in [4.78, 5) is 26.9. The van der Waals surface area contributed by atoms with Crippen molar-refractivity contribution in [1.82, 2.24) is 9.80 Å². The first kappa shape index (κ1) is 19.5. The fourth-order valence-electron chi connectivity index (χ4n) is 3.05. The minimum absolute atomic E-state index is 0.00327. The van der Waals surface area contributed by atoms with Crippen LogP contribution in [-0.4, -0.2) is 66.1 Å². The van der Waals surface area contributed by atoms with Crippen molar-refractivity contribution in [3.63, 3.8) is 0 Å². The summed E-state index contributed by atoms with van der Waals surface area (Å²) in [5.41, 5.74) is 0.908. The Morgan fingerprint density at radius 1 is 1.36 bits per heavy atom. The number of benzene rings is 1. The lowest BCUT2D eigenvalue weighted by molar-refractivity contribution is -0.138. The Morgan fingerprint density at radius 3 is 2.80 bits per heavy atom. The number of likely N-dealkylation sites (tertiary alicyclic amines) is 1. The van der Waals surface area contributed by atoms with Gasteiger partial charge in [0.05, 0.1) is 6.54 Å². The first-order valence-corrected chi connectivity index (χ1v) is 8.83. The molecule has 1 amide bonds. The molecule has 1 aliphatic rings. The molecule has 2 rings (SSSR count). The number of likely N-dealkylation sites (N-methyl/N-ethyl adjacent to an activating group) is 1. The van der Waals surface area contributed by atoms with Gasteiger partial charge < -0.3 is 14.7 Å². The standard InChI is InChI=1S/C18H25ClN2O4/c1-13-10-15(5-6-16(13)19)25-12-17(22)21-8-3-4-14(7-9-21)20(2)11-18(23)24/h5-6,10,14H,3-4,7-9,11-12H2,1-2H3,(H,23,24). The molecular formula is C18H25ClN2O4. The normalized spacial score (nSPS) is 18.1.